The van der Waals surface area contributed by atoms with Crippen LogP contribution in [0.2, 0.25) is 0 Å². The van der Waals surface area contributed by atoms with Crippen LogP contribution in [0.5, 0.6) is 0 Å². The molecule has 0 aromatic rings. The maximum Gasteiger partial charge on any atom is 0.237 e. The Balaban J connectivity index is 3.52. The number of rotatable bonds is 8. The average molecular weight is 244 g/mol. The van der Waals surface area contributed by atoms with Gasteiger partial charge in [-0.15, -0.1) is 0 Å². The van der Waals surface area contributed by atoms with Gasteiger partial charge in [0.05, 0.1) is 6.04 Å². The van der Waals surface area contributed by atoms with Gasteiger partial charge in [0.1, 0.15) is 0 Å². The Morgan fingerprint density at radius 3 is 2.41 bits per heavy atom. The predicted octanol–water partition coefficient (Wildman–Crippen LogP) is 1.68. The Kier molecular flexibility index (Phi) is 8.17. The molecule has 0 rings (SSSR count). The molecular weight excluding hydrogens is 216 g/mol. The molecule has 0 fully saturated rings. The maximum atomic E-state index is 11.6. The van der Waals surface area contributed by atoms with Crippen LogP contribution in [-0.2, 0) is 9.53 Å². The fourth-order valence-corrected chi connectivity index (χ4v) is 1.24. The molecule has 3 N–H and O–H groups in total. The molecule has 0 aliphatic carbocycles. The van der Waals surface area contributed by atoms with Crippen molar-refractivity contribution in [3.05, 3.63) is 0 Å². The van der Waals surface area contributed by atoms with Gasteiger partial charge < -0.3 is 15.8 Å². The lowest BCUT2D eigenvalue weighted by atomic mass is 9.87. The van der Waals surface area contributed by atoms with Crippen LogP contribution < -0.4 is 11.1 Å². The Labute approximate surface area is 105 Å². The first-order valence-corrected chi connectivity index (χ1v) is 6.50. The Bertz CT molecular complexity index is 212. The minimum Gasteiger partial charge on any atom is -0.381 e. The topological polar surface area (TPSA) is 64.3 Å². The van der Waals surface area contributed by atoms with Crippen molar-refractivity contribution < 1.29 is 9.53 Å². The maximum absolute atomic E-state index is 11.6. The molecule has 0 spiro atoms. The van der Waals surface area contributed by atoms with E-state index >= 15 is 0 Å². The van der Waals surface area contributed by atoms with Gasteiger partial charge in [0.2, 0.25) is 5.91 Å². The van der Waals surface area contributed by atoms with Gasteiger partial charge in [-0.25, -0.2) is 0 Å². The van der Waals surface area contributed by atoms with Crippen molar-refractivity contribution in [1.29, 1.82) is 0 Å². The Hall–Kier alpha value is -0.610. The van der Waals surface area contributed by atoms with Crippen LogP contribution in [0.3, 0.4) is 0 Å². The number of amides is 1. The molecule has 4 heteroatoms. The van der Waals surface area contributed by atoms with Crippen LogP contribution in [0.1, 0.15) is 47.0 Å². The van der Waals surface area contributed by atoms with E-state index in [1.165, 1.54) is 0 Å². The van der Waals surface area contributed by atoms with E-state index in [1.54, 1.807) is 0 Å². The van der Waals surface area contributed by atoms with E-state index in [2.05, 4.69) is 12.2 Å². The summed E-state index contributed by atoms with van der Waals surface area (Å²) in [7, 11) is 0. The molecule has 0 saturated carbocycles. The number of hydrogen-bond donors (Lipinski definition) is 2. The highest BCUT2D eigenvalue weighted by Gasteiger charge is 2.26. The first-order valence-electron chi connectivity index (χ1n) is 6.50. The minimum absolute atomic E-state index is 0.0777. The van der Waals surface area contributed by atoms with Gasteiger partial charge in [-0.2, -0.15) is 0 Å². The van der Waals surface area contributed by atoms with Gasteiger partial charge >= 0.3 is 0 Å². The summed E-state index contributed by atoms with van der Waals surface area (Å²) in [5.74, 6) is -0.0777. The van der Waals surface area contributed by atoms with Crippen molar-refractivity contribution in [3.63, 3.8) is 0 Å². The number of unbranched alkanes of at least 4 members (excludes halogenated alkanes) is 1. The zero-order valence-corrected chi connectivity index (χ0v) is 11.7. The molecule has 1 amide bonds. The summed E-state index contributed by atoms with van der Waals surface area (Å²) in [5, 5.41) is 2.84. The second-order valence-electron chi connectivity index (χ2n) is 5.45. The zero-order chi connectivity index (χ0) is 13.3. The van der Waals surface area contributed by atoms with E-state index in [-0.39, 0.29) is 11.3 Å². The Morgan fingerprint density at radius 2 is 1.88 bits per heavy atom. The SMILES string of the molecule is CCCCOCCCNC(=O)C(N)C(C)(C)C. The highest BCUT2D eigenvalue weighted by molar-refractivity contribution is 5.82. The Morgan fingerprint density at radius 1 is 1.29 bits per heavy atom. The molecule has 0 aromatic carbocycles. The molecule has 1 unspecified atom stereocenters. The quantitative estimate of drug-likeness (QED) is 0.639. The first kappa shape index (κ1) is 16.4. The standard InChI is InChI=1S/C13H28N2O2/c1-5-6-9-17-10-7-8-15-12(16)11(14)13(2,3)4/h11H,5-10,14H2,1-4H3,(H,15,16). The molecule has 0 aromatic heterocycles. The lowest BCUT2D eigenvalue weighted by molar-refractivity contribution is -0.124. The van der Waals surface area contributed by atoms with Crippen LogP contribution in [0.15, 0.2) is 0 Å². The molecule has 0 bridgehead atoms. The lowest BCUT2D eigenvalue weighted by Crippen LogP contribution is -2.48. The van der Waals surface area contributed by atoms with Crippen LogP contribution >= 0.6 is 0 Å². The van der Waals surface area contributed by atoms with Gasteiger partial charge in [-0.3, -0.25) is 4.79 Å². The first-order chi connectivity index (χ1) is 7.89. The van der Waals surface area contributed by atoms with Gasteiger partial charge in [0.15, 0.2) is 0 Å². The highest BCUT2D eigenvalue weighted by Crippen LogP contribution is 2.16. The zero-order valence-electron chi connectivity index (χ0n) is 11.7. The number of nitrogens with two attached hydrogens (primary N) is 1. The smallest absolute Gasteiger partial charge is 0.237 e. The molecule has 17 heavy (non-hydrogen) atoms. The molecule has 0 saturated heterocycles. The average Bonchev–Trinajstić information content (AvgIpc) is 2.25. The van der Waals surface area contributed by atoms with Crippen LogP contribution in [0, 0.1) is 5.41 Å². The van der Waals surface area contributed by atoms with Crippen LogP contribution in [0.4, 0.5) is 0 Å². The van der Waals surface area contributed by atoms with E-state index in [9.17, 15) is 4.79 Å². The second kappa shape index (κ2) is 8.48. The highest BCUT2D eigenvalue weighted by atomic mass is 16.5. The molecular formula is C13H28N2O2. The number of carbonyl (C=O) groups excluding carboxylic acids is 1. The summed E-state index contributed by atoms with van der Waals surface area (Å²) >= 11 is 0. The largest absolute Gasteiger partial charge is 0.381 e. The summed E-state index contributed by atoms with van der Waals surface area (Å²) in [4.78, 5) is 11.6. The van der Waals surface area contributed by atoms with Crippen molar-refractivity contribution in [3.8, 4) is 0 Å². The van der Waals surface area contributed by atoms with Crippen molar-refractivity contribution in [2.24, 2.45) is 11.1 Å². The molecule has 0 aliphatic rings. The molecule has 102 valence electrons. The third kappa shape index (κ3) is 8.16. The fourth-order valence-electron chi connectivity index (χ4n) is 1.24. The third-order valence-corrected chi connectivity index (χ3v) is 2.62. The molecule has 0 radical (unpaired) electrons. The molecule has 4 nitrogen and oxygen atoms in total. The van der Waals surface area contributed by atoms with Gasteiger partial charge in [0.25, 0.3) is 0 Å². The predicted molar refractivity (Wildman–Crippen MR) is 70.8 cm³/mol. The van der Waals surface area contributed by atoms with Gasteiger partial charge in [0, 0.05) is 19.8 Å². The van der Waals surface area contributed by atoms with Crippen molar-refractivity contribution in [2.75, 3.05) is 19.8 Å². The van der Waals surface area contributed by atoms with E-state index in [0.717, 1.165) is 25.9 Å². The third-order valence-electron chi connectivity index (χ3n) is 2.62. The van der Waals surface area contributed by atoms with E-state index in [1.807, 2.05) is 20.8 Å². The number of nitrogens with one attached hydrogen (secondary N) is 1. The summed E-state index contributed by atoms with van der Waals surface area (Å²) in [6.45, 7) is 10.2. The van der Waals surface area contributed by atoms with Crippen LogP contribution in [0.25, 0.3) is 0 Å². The fraction of sp³-hybridized carbons (Fsp3) is 0.923. The monoisotopic (exact) mass is 244 g/mol. The van der Waals surface area contributed by atoms with Crippen molar-refractivity contribution >= 4 is 5.91 Å². The van der Waals surface area contributed by atoms with E-state index < -0.39 is 6.04 Å². The number of carbonyl (C=O) groups is 1. The van der Waals surface area contributed by atoms with Crippen LogP contribution in [-0.4, -0.2) is 31.7 Å². The van der Waals surface area contributed by atoms with E-state index in [0.29, 0.717) is 13.2 Å². The number of hydrogen-bond acceptors (Lipinski definition) is 3. The molecule has 0 heterocycles. The van der Waals surface area contributed by atoms with E-state index in [4.69, 9.17) is 10.5 Å². The summed E-state index contributed by atoms with van der Waals surface area (Å²) in [6, 6.07) is -0.455. The number of ether oxygens (including phenoxy) is 1. The van der Waals surface area contributed by atoms with Crippen molar-refractivity contribution in [1.82, 2.24) is 5.32 Å². The second-order valence-corrected chi connectivity index (χ2v) is 5.45. The van der Waals surface area contributed by atoms with Gasteiger partial charge in [-0.1, -0.05) is 34.1 Å². The summed E-state index contributed by atoms with van der Waals surface area (Å²) < 4.78 is 5.40. The molecule has 1 atom stereocenters. The van der Waals surface area contributed by atoms with Crippen molar-refractivity contribution in [2.45, 2.75) is 53.0 Å². The summed E-state index contributed by atoms with van der Waals surface area (Å²) in [6.07, 6.45) is 3.09. The summed E-state index contributed by atoms with van der Waals surface area (Å²) in [5.41, 5.74) is 5.64. The molecule has 0 aliphatic heterocycles. The van der Waals surface area contributed by atoms with Gasteiger partial charge in [-0.05, 0) is 18.3 Å². The minimum atomic E-state index is -0.455. The lowest BCUT2D eigenvalue weighted by Gasteiger charge is -2.25. The normalized spacial score (nSPS) is 13.5.